The molecule has 3 aromatic rings. The molecule has 0 amide bonds. The molecule has 1 fully saturated rings. The van der Waals surface area contributed by atoms with Gasteiger partial charge in [-0.1, -0.05) is 19.9 Å². The summed E-state index contributed by atoms with van der Waals surface area (Å²) in [6.45, 7) is 4.96. The molecule has 2 atom stereocenters. The van der Waals surface area contributed by atoms with Gasteiger partial charge < -0.3 is 0 Å². The van der Waals surface area contributed by atoms with Crippen molar-refractivity contribution in [3.8, 4) is 17.3 Å². The molecule has 2 aliphatic rings. The first-order valence-corrected chi connectivity index (χ1v) is 10.1. The first-order valence-electron chi connectivity index (χ1n) is 10.1. The Hall–Kier alpha value is -3.14. The predicted octanol–water partition coefficient (Wildman–Crippen LogP) is 4.74. The van der Waals surface area contributed by atoms with Crippen LogP contribution in [-0.4, -0.2) is 20.0 Å². The summed E-state index contributed by atoms with van der Waals surface area (Å²) in [6.07, 6.45) is 3.99. The highest BCUT2D eigenvalue weighted by Crippen LogP contribution is 2.69. The average molecular weight is 405 g/mol. The van der Waals surface area contributed by atoms with E-state index in [1.165, 1.54) is 18.2 Å². The Labute approximate surface area is 173 Å². The second-order valence-corrected chi connectivity index (χ2v) is 8.70. The highest BCUT2D eigenvalue weighted by Gasteiger charge is 2.65. The van der Waals surface area contributed by atoms with Crippen LogP contribution in [0.3, 0.4) is 0 Å². The van der Waals surface area contributed by atoms with Gasteiger partial charge in [0.1, 0.15) is 11.6 Å². The van der Waals surface area contributed by atoms with Crippen molar-refractivity contribution in [1.82, 2.24) is 20.0 Å². The molecule has 0 radical (unpaired) electrons. The molecular weight excluding hydrogens is 384 g/mol. The average Bonchev–Trinajstić information content (AvgIpc) is 3.34. The third-order valence-electron chi connectivity index (χ3n) is 7.19. The number of fused-ring (bicyclic) bond motifs is 5. The molecule has 2 aromatic heterocycles. The number of hydrogen-bond donors (Lipinski definition) is 0. The monoisotopic (exact) mass is 405 g/mol. The summed E-state index contributed by atoms with van der Waals surface area (Å²) >= 11 is 0. The second-order valence-electron chi connectivity index (χ2n) is 8.70. The van der Waals surface area contributed by atoms with E-state index in [0.29, 0.717) is 13.0 Å². The van der Waals surface area contributed by atoms with Crippen molar-refractivity contribution < 1.29 is 8.78 Å². The SMILES string of the molecule is CC1(C)[C@H]2CC[C@]1(c1ccnn1CCC#N)c1nnc(-c3c(F)cccc3F)cc12. The first kappa shape index (κ1) is 18.9. The number of nitriles is 1. The zero-order chi connectivity index (χ0) is 21.1. The number of benzene rings is 1. The van der Waals surface area contributed by atoms with Gasteiger partial charge in [-0.25, -0.2) is 8.78 Å². The van der Waals surface area contributed by atoms with E-state index < -0.39 is 17.0 Å². The molecule has 0 N–H and O–H groups in total. The van der Waals surface area contributed by atoms with Gasteiger partial charge in [0.25, 0.3) is 0 Å². The molecule has 30 heavy (non-hydrogen) atoms. The fourth-order valence-corrected chi connectivity index (χ4v) is 5.79. The van der Waals surface area contributed by atoms with Crippen LogP contribution in [-0.2, 0) is 12.0 Å². The summed E-state index contributed by atoms with van der Waals surface area (Å²) in [5.74, 6) is -1.08. The number of aromatic nitrogens is 4. The lowest BCUT2D eigenvalue weighted by Crippen LogP contribution is -2.39. The molecule has 0 unspecified atom stereocenters. The Morgan fingerprint density at radius 1 is 1.20 bits per heavy atom. The third kappa shape index (κ3) is 2.28. The van der Waals surface area contributed by atoms with Gasteiger partial charge >= 0.3 is 0 Å². The summed E-state index contributed by atoms with van der Waals surface area (Å²) in [6, 6.07) is 9.81. The van der Waals surface area contributed by atoms with Gasteiger partial charge in [-0.2, -0.15) is 15.5 Å². The van der Waals surface area contributed by atoms with E-state index in [1.54, 1.807) is 6.20 Å². The van der Waals surface area contributed by atoms with Crippen LogP contribution in [0.25, 0.3) is 11.3 Å². The second kappa shape index (κ2) is 6.43. The quantitative estimate of drug-likeness (QED) is 0.629. The highest BCUT2D eigenvalue weighted by molar-refractivity contribution is 5.64. The zero-order valence-corrected chi connectivity index (χ0v) is 16.9. The van der Waals surface area contributed by atoms with E-state index in [4.69, 9.17) is 5.26 Å². The van der Waals surface area contributed by atoms with Crippen LogP contribution in [0.15, 0.2) is 36.5 Å². The molecule has 5 rings (SSSR count). The molecular formula is C23H21F2N5. The summed E-state index contributed by atoms with van der Waals surface area (Å²) < 4.78 is 30.6. The summed E-state index contributed by atoms with van der Waals surface area (Å²) in [5, 5.41) is 22.3. The molecule has 0 saturated heterocycles. The van der Waals surface area contributed by atoms with E-state index in [2.05, 4.69) is 35.2 Å². The molecule has 7 heteroatoms. The minimum atomic E-state index is -0.643. The molecule has 1 aromatic carbocycles. The molecule has 5 nitrogen and oxygen atoms in total. The van der Waals surface area contributed by atoms with Gasteiger partial charge in [0, 0.05) is 6.20 Å². The van der Waals surface area contributed by atoms with Gasteiger partial charge in [-0.3, -0.25) is 4.68 Å². The fourth-order valence-electron chi connectivity index (χ4n) is 5.79. The van der Waals surface area contributed by atoms with Crippen molar-refractivity contribution in [1.29, 1.82) is 5.26 Å². The van der Waals surface area contributed by atoms with Gasteiger partial charge in [-0.05, 0) is 54.0 Å². The summed E-state index contributed by atoms with van der Waals surface area (Å²) in [7, 11) is 0. The van der Waals surface area contributed by atoms with Gasteiger partial charge in [0.15, 0.2) is 0 Å². The van der Waals surface area contributed by atoms with Crippen LogP contribution in [0.4, 0.5) is 8.78 Å². The van der Waals surface area contributed by atoms with Gasteiger partial charge in [0.05, 0.1) is 47.1 Å². The van der Waals surface area contributed by atoms with Crippen molar-refractivity contribution in [3.05, 3.63) is 65.1 Å². The van der Waals surface area contributed by atoms with Crippen LogP contribution < -0.4 is 0 Å². The first-order chi connectivity index (χ1) is 14.4. The van der Waals surface area contributed by atoms with E-state index >= 15 is 0 Å². The molecule has 2 bridgehead atoms. The molecule has 0 aliphatic heterocycles. The Kier molecular flexibility index (Phi) is 4.04. The minimum Gasteiger partial charge on any atom is -0.268 e. The Bertz CT molecular complexity index is 1170. The largest absolute Gasteiger partial charge is 0.268 e. The maximum absolute atomic E-state index is 14.4. The third-order valence-corrected chi connectivity index (χ3v) is 7.19. The Morgan fingerprint density at radius 3 is 2.70 bits per heavy atom. The Balaban J connectivity index is 1.69. The van der Waals surface area contributed by atoms with Gasteiger partial charge in [-0.15, -0.1) is 5.10 Å². The lowest BCUT2D eigenvalue weighted by molar-refractivity contribution is 0.234. The van der Waals surface area contributed by atoms with Crippen molar-refractivity contribution in [2.45, 2.75) is 51.0 Å². The van der Waals surface area contributed by atoms with Crippen LogP contribution in [0.5, 0.6) is 0 Å². The predicted molar refractivity (Wildman–Crippen MR) is 106 cm³/mol. The van der Waals surface area contributed by atoms with Crippen molar-refractivity contribution in [2.24, 2.45) is 5.41 Å². The lowest BCUT2D eigenvalue weighted by Gasteiger charge is -2.38. The maximum Gasteiger partial charge on any atom is 0.135 e. The molecule has 2 aliphatic carbocycles. The molecule has 0 spiro atoms. The molecule has 152 valence electrons. The maximum atomic E-state index is 14.4. The van der Waals surface area contributed by atoms with Crippen molar-refractivity contribution in [3.63, 3.8) is 0 Å². The van der Waals surface area contributed by atoms with Crippen LogP contribution in [0.1, 0.15) is 56.0 Å². The standard InChI is InChI=1S/C23H21F2N5/c1-22(2)15-7-9-23(22,19-8-11-27-30(19)12-4-10-26)21-14(15)13-18(28-29-21)20-16(24)5-3-6-17(20)25/h3,5-6,8,11,13,15H,4,7,9,12H2,1-2H3/t15-,23-/m0/s1. The van der Waals surface area contributed by atoms with E-state index in [0.717, 1.165) is 29.8 Å². The smallest absolute Gasteiger partial charge is 0.135 e. The highest BCUT2D eigenvalue weighted by atomic mass is 19.1. The molecule has 1 saturated carbocycles. The fraction of sp³-hybridized carbons (Fsp3) is 0.391. The van der Waals surface area contributed by atoms with Crippen LogP contribution in [0, 0.1) is 28.4 Å². The van der Waals surface area contributed by atoms with E-state index in [9.17, 15) is 8.78 Å². The number of hydrogen-bond acceptors (Lipinski definition) is 4. The van der Waals surface area contributed by atoms with Crippen molar-refractivity contribution in [2.75, 3.05) is 0 Å². The number of rotatable bonds is 4. The van der Waals surface area contributed by atoms with E-state index in [1.807, 2.05) is 16.8 Å². The number of halogens is 2. The topological polar surface area (TPSA) is 67.4 Å². The normalized spacial score (nSPS) is 23.4. The molecule has 2 heterocycles. The lowest BCUT2D eigenvalue weighted by atomic mass is 9.66. The van der Waals surface area contributed by atoms with E-state index in [-0.39, 0.29) is 22.6 Å². The zero-order valence-electron chi connectivity index (χ0n) is 16.9. The summed E-state index contributed by atoms with van der Waals surface area (Å²) in [5.41, 5.74) is 2.43. The Morgan fingerprint density at radius 2 is 1.97 bits per heavy atom. The van der Waals surface area contributed by atoms with Crippen LogP contribution >= 0.6 is 0 Å². The van der Waals surface area contributed by atoms with Crippen LogP contribution in [0.2, 0.25) is 0 Å². The number of aryl methyl sites for hydroxylation is 1. The number of nitrogens with zero attached hydrogens (tertiary/aromatic N) is 5. The van der Waals surface area contributed by atoms with Crippen molar-refractivity contribution >= 4 is 0 Å². The minimum absolute atomic E-state index is 0.138. The van der Waals surface area contributed by atoms with Gasteiger partial charge in [0.2, 0.25) is 0 Å². The summed E-state index contributed by atoms with van der Waals surface area (Å²) in [4.78, 5) is 0.